The third kappa shape index (κ3) is 2.88. The highest BCUT2D eigenvalue weighted by atomic mass is 15.3. The largest absolute Gasteiger partial charge is 0.381 e. The smallest absolute Gasteiger partial charge is 0.0647 e. The third-order valence-electron chi connectivity index (χ3n) is 3.22. The maximum absolute atomic E-state index is 4.22. The molecule has 0 aliphatic heterocycles. The molecule has 0 spiro atoms. The average molecular weight is 263 g/mol. The predicted octanol–water partition coefficient (Wildman–Crippen LogP) is 3.79. The summed E-state index contributed by atoms with van der Waals surface area (Å²) in [6.45, 7) is 2.95. The molecule has 0 saturated heterocycles. The molecule has 1 heterocycles. The monoisotopic (exact) mass is 263 g/mol. The minimum Gasteiger partial charge on any atom is -0.381 e. The lowest BCUT2D eigenvalue weighted by atomic mass is 10.1. The van der Waals surface area contributed by atoms with E-state index >= 15 is 0 Å². The number of hydrogen-bond donors (Lipinski definition) is 1. The third-order valence-corrected chi connectivity index (χ3v) is 3.22. The van der Waals surface area contributed by atoms with Crippen molar-refractivity contribution >= 4 is 5.69 Å². The lowest BCUT2D eigenvalue weighted by molar-refractivity contribution is 0.880. The van der Waals surface area contributed by atoms with Crippen molar-refractivity contribution in [3.63, 3.8) is 0 Å². The highest BCUT2D eigenvalue weighted by molar-refractivity contribution is 5.48. The highest BCUT2D eigenvalue weighted by Gasteiger charge is 1.97. The molecule has 0 amide bonds. The molecule has 3 nitrogen and oxygen atoms in total. The van der Waals surface area contributed by atoms with Gasteiger partial charge in [0.2, 0.25) is 0 Å². The van der Waals surface area contributed by atoms with Crippen LogP contribution in [0, 0.1) is 6.92 Å². The van der Waals surface area contributed by atoms with Crippen LogP contribution in [0.4, 0.5) is 5.69 Å². The van der Waals surface area contributed by atoms with Gasteiger partial charge in [0.05, 0.1) is 5.69 Å². The summed E-state index contributed by atoms with van der Waals surface area (Å²) >= 11 is 0. The number of hydrogen-bond acceptors (Lipinski definition) is 2. The Morgan fingerprint density at radius 1 is 1.05 bits per heavy atom. The Hall–Kier alpha value is -2.55. The molecule has 0 aliphatic carbocycles. The van der Waals surface area contributed by atoms with Gasteiger partial charge in [0, 0.05) is 24.6 Å². The quantitative estimate of drug-likeness (QED) is 0.776. The summed E-state index contributed by atoms with van der Waals surface area (Å²) in [6.07, 6.45) is 3.72. The van der Waals surface area contributed by atoms with Gasteiger partial charge in [0.25, 0.3) is 0 Å². The number of anilines is 1. The second-order valence-electron chi connectivity index (χ2n) is 4.84. The molecule has 0 fully saturated rings. The van der Waals surface area contributed by atoms with E-state index in [0.29, 0.717) is 0 Å². The van der Waals surface area contributed by atoms with Gasteiger partial charge in [-0.2, -0.15) is 5.10 Å². The van der Waals surface area contributed by atoms with Crippen LogP contribution in [0.5, 0.6) is 0 Å². The zero-order valence-corrected chi connectivity index (χ0v) is 11.5. The molecule has 3 aromatic rings. The fraction of sp³-hybridized carbons (Fsp3) is 0.118. The van der Waals surface area contributed by atoms with Gasteiger partial charge in [-0.05, 0) is 42.8 Å². The van der Waals surface area contributed by atoms with E-state index in [1.165, 1.54) is 11.1 Å². The van der Waals surface area contributed by atoms with Crippen LogP contribution in [-0.2, 0) is 6.54 Å². The van der Waals surface area contributed by atoms with Crippen molar-refractivity contribution in [3.05, 3.63) is 78.1 Å². The summed E-state index contributed by atoms with van der Waals surface area (Å²) in [5.41, 5.74) is 4.76. The van der Waals surface area contributed by atoms with E-state index < -0.39 is 0 Å². The van der Waals surface area contributed by atoms with Crippen LogP contribution < -0.4 is 5.32 Å². The van der Waals surface area contributed by atoms with Crippen LogP contribution in [0.25, 0.3) is 5.69 Å². The first kappa shape index (κ1) is 12.5. The molecule has 0 radical (unpaired) electrons. The van der Waals surface area contributed by atoms with E-state index in [-0.39, 0.29) is 0 Å². The van der Waals surface area contributed by atoms with Gasteiger partial charge in [-0.1, -0.05) is 29.8 Å². The Bertz CT molecular complexity index is 670. The Morgan fingerprint density at radius 3 is 2.60 bits per heavy atom. The Morgan fingerprint density at radius 2 is 1.90 bits per heavy atom. The van der Waals surface area contributed by atoms with E-state index in [4.69, 9.17) is 0 Å². The molecule has 1 N–H and O–H groups in total. The Kier molecular flexibility index (Phi) is 3.50. The van der Waals surface area contributed by atoms with E-state index in [1.807, 2.05) is 16.9 Å². The number of nitrogens with zero attached hydrogens (tertiary/aromatic N) is 2. The minimum atomic E-state index is 0.836. The van der Waals surface area contributed by atoms with E-state index in [2.05, 4.69) is 65.9 Å². The van der Waals surface area contributed by atoms with Gasteiger partial charge in [0.1, 0.15) is 0 Å². The maximum Gasteiger partial charge on any atom is 0.0647 e. The molecule has 100 valence electrons. The lowest BCUT2D eigenvalue weighted by Crippen LogP contribution is -2.00. The predicted molar refractivity (Wildman–Crippen MR) is 82.1 cm³/mol. The second kappa shape index (κ2) is 5.61. The molecule has 20 heavy (non-hydrogen) atoms. The topological polar surface area (TPSA) is 29.9 Å². The molecule has 3 heteroatoms. The van der Waals surface area contributed by atoms with Crippen molar-refractivity contribution in [2.45, 2.75) is 13.5 Å². The van der Waals surface area contributed by atoms with Crippen LogP contribution in [0.2, 0.25) is 0 Å². The fourth-order valence-corrected chi connectivity index (χ4v) is 2.18. The van der Waals surface area contributed by atoms with Crippen molar-refractivity contribution in [2.24, 2.45) is 0 Å². The van der Waals surface area contributed by atoms with Gasteiger partial charge < -0.3 is 5.32 Å². The van der Waals surface area contributed by atoms with E-state index in [9.17, 15) is 0 Å². The van der Waals surface area contributed by atoms with Crippen molar-refractivity contribution in [1.82, 2.24) is 9.78 Å². The fourth-order valence-electron chi connectivity index (χ4n) is 2.18. The van der Waals surface area contributed by atoms with Crippen molar-refractivity contribution in [1.29, 1.82) is 0 Å². The standard InChI is InChI=1S/C17H17N3/c1-14-4-2-5-15(12-14)13-18-16-6-8-17(9-7-16)20-11-3-10-19-20/h2-12,18H,13H2,1H3. The molecule has 2 aromatic carbocycles. The molecular weight excluding hydrogens is 246 g/mol. The number of aryl methyl sites for hydroxylation is 1. The molecule has 3 rings (SSSR count). The summed E-state index contributed by atoms with van der Waals surface area (Å²) in [5.74, 6) is 0. The second-order valence-corrected chi connectivity index (χ2v) is 4.84. The van der Waals surface area contributed by atoms with Gasteiger partial charge in [-0.25, -0.2) is 4.68 Å². The SMILES string of the molecule is Cc1cccc(CNc2ccc(-n3cccn3)cc2)c1. The summed E-state index contributed by atoms with van der Waals surface area (Å²) in [4.78, 5) is 0. The van der Waals surface area contributed by atoms with Crippen LogP contribution in [0.1, 0.15) is 11.1 Å². The molecule has 0 bridgehead atoms. The molecule has 0 unspecified atom stereocenters. The first-order valence-electron chi connectivity index (χ1n) is 6.71. The van der Waals surface area contributed by atoms with Crippen LogP contribution in [0.3, 0.4) is 0 Å². The van der Waals surface area contributed by atoms with E-state index in [0.717, 1.165) is 17.9 Å². The highest BCUT2D eigenvalue weighted by Crippen LogP contribution is 2.14. The van der Waals surface area contributed by atoms with Crippen molar-refractivity contribution in [2.75, 3.05) is 5.32 Å². The number of benzene rings is 2. The van der Waals surface area contributed by atoms with Crippen LogP contribution in [0.15, 0.2) is 67.0 Å². The van der Waals surface area contributed by atoms with Crippen molar-refractivity contribution < 1.29 is 0 Å². The number of rotatable bonds is 4. The normalized spacial score (nSPS) is 10.4. The maximum atomic E-state index is 4.22. The molecule has 0 aliphatic rings. The van der Waals surface area contributed by atoms with Gasteiger partial charge >= 0.3 is 0 Å². The van der Waals surface area contributed by atoms with Gasteiger partial charge in [0.15, 0.2) is 0 Å². The summed E-state index contributed by atoms with van der Waals surface area (Å²) in [6, 6.07) is 18.7. The lowest BCUT2D eigenvalue weighted by Gasteiger charge is -2.08. The zero-order chi connectivity index (χ0) is 13.8. The summed E-state index contributed by atoms with van der Waals surface area (Å²) < 4.78 is 1.85. The average Bonchev–Trinajstić information content (AvgIpc) is 3.00. The Balaban J connectivity index is 1.67. The summed E-state index contributed by atoms with van der Waals surface area (Å²) in [5, 5.41) is 7.65. The number of nitrogens with one attached hydrogen (secondary N) is 1. The first-order valence-corrected chi connectivity index (χ1v) is 6.71. The Labute approximate surface area is 118 Å². The van der Waals surface area contributed by atoms with Gasteiger partial charge in [-0.3, -0.25) is 0 Å². The molecular formula is C17H17N3. The van der Waals surface area contributed by atoms with Crippen LogP contribution >= 0.6 is 0 Å². The molecule has 0 saturated carbocycles. The molecule has 1 aromatic heterocycles. The minimum absolute atomic E-state index is 0.836. The molecule has 0 atom stereocenters. The zero-order valence-electron chi connectivity index (χ0n) is 11.5. The van der Waals surface area contributed by atoms with Crippen LogP contribution in [-0.4, -0.2) is 9.78 Å². The first-order chi connectivity index (χ1) is 9.81. The summed E-state index contributed by atoms with van der Waals surface area (Å²) in [7, 11) is 0. The van der Waals surface area contributed by atoms with Gasteiger partial charge in [-0.15, -0.1) is 0 Å². The van der Waals surface area contributed by atoms with Crippen molar-refractivity contribution in [3.8, 4) is 5.69 Å². The van der Waals surface area contributed by atoms with E-state index in [1.54, 1.807) is 6.20 Å². The number of aromatic nitrogens is 2.